The fraction of sp³-hybridized carbons (Fsp3) is 0.174. The minimum atomic E-state index is -4.38. The largest absolute Gasteiger partial charge is 0.483 e. The SMILES string of the molecule is CNC(=O)COc1ccccc1C(C)N(c1cc(F)ccc1F)S(=O)(=O)c1ccc(Cl)cc1. The Morgan fingerprint density at radius 2 is 1.76 bits per heavy atom. The predicted octanol–water partition coefficient (Wildman–Crippen LogP) is 4.70. The van der Waals surface area contributed by atoms with Crippen molar-refractivity contribution in [1.82, 2.24) is 5.32 Å². The van der Waals surface area contributed by atoms with E-state index in [1.54, 1.807) is 24.3 Å². The average molecular weight is 495 g/mol. The number of anilines is 1. The van der Waals surface area contributed by atoms with E-state index in [-0.39, 0.29) is 23.2 Å². The topological polar surface area (TPSA) is 75.7 Å². The summed E-state index contributed by atoms with van der Waals surface area (Å²) in [5.41, 5.74) is -0.124. The summed E-state index contributed by atoms with van der Waals surface area (Å²) in [6.45, 7) is 1.21. The number of ether oxygens (including phenoxy) is 1. The standard InChI is InChI=1S/C23H21ClF2N2O4S/c1-15(19-5-3-4-6-22(19)32-14-23(29)27-2)28(21-13-17(25)9-12-20(21)26)33(30,31)18-10-7-16(24)8-11-18/h3-13,15H,14H2,1-2H3,(H,27,29). The van der Waals surface area contributed by atoms with Crippen molar-refractivity contribution in [2.45, 2.75) is 17.9 Å². The van der Waals surface area contributed by atoms with Gasteiger partial charge in [0.15, 0.2) is 6.61 Å². The fourth-order valence-electron chi connectivity index (χ4n) is 3.22. The maximum absolute atomic E-state index is 14.8. The van der Waals surface area contributed by atoms with Crippen molar-refractivity contribution >= 4 is 33.2 Å². The van der Waals surface area contributed by atoms with Gasteiger partial charge in [0, 0.05) is 23.7 Å². The first-order valence-corrected chi connectivity index (χ1v) is 11.6. The van der Waals surface area contributed by atoms with Gasteiger partial charge in [0.1, 0.15) is 17.4 Å². The Bertz CT molecular complexity index is 1250. The van der Waals surface area contributed by atoms with E-state index in [0.29, 0.717) is 10.6 Å². The smallest absolute Gasteiger partial charge is 0.264 e. The molecule has 0 radical (unpaired) electrons. The molecule has 0 heterocycles. The van der Waals surface area contributed by atoms with E-state index in [9.17, 15) is 22.0 Å². The van der Waals surface area contributed by atoms with E-state index in [1.807, 2.05) is 0 Å². The number of nitrogens with one attached hydrogen (secondary N) is 1. The van der Waals surface area contributed by atoms with Crippen LogP contribution in [0, 0.1) is 11.6 Å². The lowest BCUT2D eigenvalue weighted by Crippen LogP contribution is -2.35. The van der Waals surface area contributed by atoms with Crippen LogP contribution in [0.4, 0.5) is 14.5 Å². The molecule has 1 N–H and O–H groups in total. The molecule has 0 aliphatic carbocycles. The Morgan fingerprint density at radius 3 is 2.42 bits per heavy atom. The number of hydrogen-bond acceptors (Lipinski definition) is 4. The maximum Gasteiger partial charge on any atom is 0.264 e. The summed E-state index contributed by atoms with van der Waals surface area (Å²) >= 11 is 5.89. The monoisotopic (exact) mass is 494 g/mol. The third kappa shape index (κ3) is 5.43. The first kappa shape index (κ1) is 24.5. The number of rotatable bonds is 8. The molecule has 3 aromatic carbocycles. The van der Waals surface area contributed by atoms with Gasteiger partial charge in [-0.25, -0.2) is 17.2 Å². The van der Waals surface area contributed by atoms with Crippen molar-refractivity contribution in [2.75, 3.05) is 18.0 Å². The average Bonchev–Trinajstić information content (AvgIpc) is 2.80. The van der Waals surface area contributed by atoms with Gasteiger partial charge in [-0.3, -0.25) is 9.10 Å². The van der Waals surface area contributed by atoms with Crippen LogP contribution in [0.3, 0.4) is 0 Å². The molecule has 3 aromatic rings. The molecule has 0 aliphatic rings. The van der Waals surface area contributed by atoms with E-state index < -0.39 is 33.4 Å². The van der Waals surface area contributed by atoms with Crippen LogP contribution in [0.5, 0.6) is 5.75 Å². The zero-order valence-corrected chi connectivity index (χ0v) is 19.3. The molecule has 0 saturated heterocycles. The van der Waals surface area contributed by atoms with Gasteiger partial charge in [-0.15, -0.1) is 0 Å². The predicted molar refractivity (Wildman–Crippen MR) is 122 cm³/mol. The number of carbonyl (C=O) groups excluding carboxylic acids is 1. The zero-order chi connectivity index (χ0) is 24.2. The summed E-state index contributed by atoms with van der Waals surface area (Å²) in [5.74, 6) is -1.90. The third-order valence-corrected chi connectivity index (χ3v) is 7.03. The molecule has 0 fully saturated rings. The van der Waals surface area contributed by atoms with Crippen molar-refractivity contribution in [2.24, 2.45) is 0 Å². The number of amides is 1. The highest BCUT2D eigenvalue weighted by molar-refractivity contribution is 7.92. The zero-order valence-electron chi connectivity index (χ0n) is 17.8. The lowest BCUT2D eigenvalue weighted by molar-refractivity contribution is -0.122. The summed E-state index contributed by atoms with van der Waals surface area (Å²) in [6.07, 6.45) is 0. The van der Waals surface area contributed by atoms with Gasteiger partial charge in [0.25, 0.3) is 15.9 Å². The highest BCUT2D eigenvalue weighted by Gasteiger charge is 2.34. The van der Waals surface area contributed by atoms with Crippen LogP contribution >= 0.6 is 11.6 Å². The fourth-order valence-corrected chi connectivity index (χ4v) is 4.98. The number of halogens is 3. The quantitative estimate of drug-likeness (QED) is 0.492. The molecule has 3 rings (SSSR count). The van der Waals surface area contributed by atoms with E-state index in [1.165, 1.54) is 38.2 Å². The Hall–Kier alpha value is -3.17. The second-order valence-corrected chi connectivity index (χ2v) is 9.28. The molecular weight excluding hydrogens is 474 g/mol. The van der Waals surface area contributed by atoms with Crippen LogP contribution in [0.1, 0.15) is 18.5 Å². The molecule has 33 heavy (non-hydrogen) atoms. The molecule has 1 atom stereocenters. The van der Waals surface area contributed by atoms with Gasteiger partial charge < -0.3 is 10.1 Å². The second-order valence-electron chi connectivity index (χ2n) is 7.03. The summed E-state index contributed by atoms with van der Waals surface area (Å²) in [4.78, 5) is 11.5. The van der Waals surface area contributed by atoms with Crippen LogP contribution in [-0.4, -0.2) is 28.0 Å². The number of carbonyl (C=O) groups is 1. The van der Waals surface area contributed by atoms with Gasteiger partial charge in [0.2, 0.25) is 0 Å². The molecule has 0 spiro atoms. The first-order chi connectivity index (χ1) is 15.6. The molecule has 1 amide bonds. The summed E-state index contributed by atoms with van der Waals surface area (Å²) in [5, 5.41) is 2.74. The number of benzene rings is 3. The van der Waals surface area contributed by atoms with Crippen molar-refractivity contribution in [3.8, 4) is 5.75 Å². The lowest BCUT2D eigenvalue weighted by atomic mass is 10.1. The Labute approximate surface area is 195 Å². The van der Waals surface area contributed by atoms with Crippen LogP contribution in [0.15, 0.2) is 71.6 Å². The second kappa shape index (κ2) is 10.2. The highest BCUT2D eigenvalue weighted by atomic mass is 35.5. The summed E-state index contributed by atoms with van der Waals surface area (Å²) < 4.78 is 62.5. The minimum absolute atomic E-state index is 0.161. The number of hydrogen-bond donors (Lipinski definition) is 1. The van der Waals surface area contributed by atoms with Crippen molar-refractivity contribution in [3.63, 3.8) is 0 Å². The molecular formula is C23H21ClF2N2O4S. The van der Waals surface area contributed by atoms with E-state index >= 15 is 0 Å². The molecule has 6 nitrogen and oxygen atoms in total. The van der Waals surface area contributed by atoms with E-state index in [2.05, 4.69) is 5.32 Å². The normalized spacial score (nSPS) is 12.2. The Morgan fingerprint density at radius 1 is 1.09 bits per heavy atom. The molecule has 0 saturated carbocycles. The molecule has 0 aromatic heterocycles. The minimum Gasteiger partial charge on any atom is -0.483 e. The van der Waals surface area contributed by atoms with Gasteiger partial charge in [-0.2, -0.15) is 0 Å². The summed E-state index contributed by atoms with van der Waals surface area (Å²) in [7, 11) is -2.93. The summed E-state index contributed by atoms with van der Waals surface area (Å²) in [6, 6.07) is 13.3. The van der Waals surface area contributed by atoms with Gasteiger partial charge in [-0.1, -0.05) is 29.8 Å². The van der Waals surface area contributed by atoms with Crippen LogP contribution in [0.2, 0.25) is 5.02 Å². The van der Waals surface area contributed by atoms with Gasteiger partial charge in [-0.05, 0) is 49.4 Å². The molecule has 1 unspecified atom stereocenters. The number of sulfonamides is 1. The number of likely N-dealkylation sites (N-methyl/N-ethyl adjacent to an activating group) is 1. The molecule has 174 valence electrons. The van der Waals surface area contributed by atoms with Crippen molar-refractivity contribution in [3.05, 3.63) is 89.0 Å². The third-order valence-electron chi connectivity index (χ3n) is 4.87. The molecule has 0 aliphatic heterocycles. The van der Waals surface area contributed by atoms with Gasteiger partial charge >= 0.3 is 0 Å². The number of nitrogens with zero attached hydrogens (tertiary/aromatic N) is 1. The van der Waals surface area contributed by atoms with E-state index in [0.717, 1.165) is 22.5 Å². The van der Waals surface area contributed by atoms with Gasteiger partial charge in [0.05, 0.1) is 16.6 Å². The van der Waals surface area contributed by atoms with Crippen LogP contribution in [-0.2, 0) is 14.8 Å². The molecule has 0 bridgehead atoms. The van der Waals surface area contributed by atoms with Crippen molar-refractivity contribution in [1.29, 1.82) is 0 Å². The number of para-hydroxylation sites is 1. The molecule has 10 heteroatoms. The lowest BCUT2D eigenvalue weighted by Gasteiger charge is -2.32. The van der Waals surface area contributed by atoms with E-state index in [4.69, 9.17) is 16.3 Å². The van der Waals surface area contributed by atoms with Crippen LogP contribution in [0.25, 0.3) is 0 Å². The highest BCUT2D eigenvalue weighted by Crippen LogP contribution is 2.38. The first-order valence-electron chi connectivity index (χ1n) is 9.82. The Kier molecular flexibility index (Phi) is 7.55. The maximum atomic E-state index is 14.8. The Balaban J connectivity index is 2.16. The van der Waals surface area contributed by atoms with Crippen molar-refractivity contribution < 1.29 is 26.7 Å². The van der Waals surface area contributed by atoms with Crippen LogP contribution < -0.4 is 14.4 Å².